The van der Waals surface area contributed by atoms with E-state index >= 15 is 0 Å². The van der Waals surface area contributed by atoms with Crippen LogP contribution in [0.15, 0.2) is 71.2 Å². The normalized spacial score (nSPS) is 12.6. The minimum absolute atomic E-state index is 0.161. The third kappa shape index (κ3) is 4.77. The van der Waals surface area contributed by atoms with E-state index in [0.29, 0.717) is 19.7 Å². The smallest absolute Gasteiger partial charge is 0.198 e. The van der Waals surface area contributed by atoms with Crippen LogP contribution < -0.4 is 0 Å². The summed E-state index contributed by atoms with van der Waals surface area (Å²) in [4.78, 5) is 0. The van der Waals surface area contributed by atoms with Crippen LogP contribution in [0.2, 0.25) is 18.1 Å². The Labute approximate surface area is 221 Å². The average molecular weight is 563 g/mol. The van der Waals surface area contributed by atoms with E-state index in [0.717, 1.165) is 26.9 Å². The van der Waals surface area contributed by atoms with Gasteiger partial charge >= 0.3 is 0 Å². The number of tetrazole rings is 1. The second-order valence-electron chi connectivity index (χ2n) is 10.8. The van der Waals surface area contributed by atoms with E-state index in [1.165, 1.54) is 16.3 Å². The minimum atomic E-state index is -1.85. The highest BCUT2D eigenvalue weighted by Crippen LogP contribution is 2.36. The summed E-state index contributed by atoms with van der Waals surface area (Å²) in [7, 11) is -1.85. The minimum Gasteiger partial charge on any atom is -0.415 e. The van der Waals surface area contributed by atoms with Crippen LogP contribution in [0.1, 0.15) is 26.3 Å². The van der Waals surface area contributed by atoms with Crippen LogP contribution in [-0.2, 0) is 17.5 Å². The van der Waals surface area contributed by atoms with Crippen molar-refractivity contribution in [2.75, 3.05) is 6.61 Å². The van der Waals surface area contributed by atoms with E-state index in [1.54, 1.807) is 0 Å². The monoisotopic (exact) mass is 561 g/mol. The Morgan fingerprint density at radius 2 is 1.72 bits per heavy atom. The first-order valence-corrected chi connectivity index (χ1v) is 16.0. The zero-order chi connectivity index (χ0) is 25.5. The lowest BCUT2D eigenvalue weighted by Crippen LogP contribution is -2.41. The molecule has 0 saturated carbocycles. The maximum absolute atomic E-state index is 6.42. The van der Waals surface area contributed by atoms with Crippen molar-refractivity contribution >= 4 is 45.9 Å². The molecule has 0 atom stereocenters. The summed E-state index contributed by atoms with van der Waals surface area (Å²) in [5, 5.41) is 16.6. The van der Waals surface area contributed by atoms with Crippen LogP contribution >= 0.6 is 15.9 Å². The molecule has 5 rings (SSSR count). The van der Waals surface area contributed by atoms with E-state index in [1.807, 2.05) is 4.68 Å². The summed E-state index contributed by atoms with van der Waals surface area (Å²) in [6.07, 6.45) is 0. The van der Waals surface area contributed by atoms with Crippen molar-refractivity contribution in [1.82, 2.24) is 24.8 Å². The van der Waals surface area contributed by atoms with E-state index < -0.39 is 8.32 Å². The molecule has 0 amide bonds. The maximum Gasteiger partial charge on any atom is 0.198 e. The van der Waals surface area contributed by atoms with Crippen molar-refractivity contribution in [1.29, 1.82) is 0 Å². The Hall–Kier alpha value is -2.81. The second kappa shape index (κ2) is 9.57. The molecule has 8 heteroatoms. The molecule has 0 bridgehead atoms. The van der Waals surface area contributed by atoms with Gasteiger partial charge in [-0.15, -0.1) is 5.10 Å². The lowest BCUT2D eigenvalue weighted by molar-refractivity contribution is 0.265. The van der Waals surface area contributed by atoms with Crippen LogP contribution in [0, 0.1) is 0 Å². The van der Waals surface area contributed by atoms with Crippen LogP contribution in [0.3, 0.4) is 0 Å². The topological polar surface area (TPSA) is 57.8 Å². The van der Waals surface area contributed by atoms with Gasteiger partial charge in [-0.3, -0.25) is 0 Å². The molecule has 5 aromatic rings. The molecule has 0 aliphatic heterocycles. The van der Waals surface area contributed by atoms with Crippen LogP contribution in [0.25, 0.3) is 33.2 Å². The van der Waals surface area contributed by atoms with Gasteiger partial charge in [-0.05, 0) is 63.1 Å². The number of hydrogen-bond donors (Lipinski definition) is 0. The Morgan fingerprint density at radius 1 is 0.944 bits per heavy atom. The molecule has 0 fully saturated rings. The molecule has 0 unspecified atom stereocenters. The SMILES string of the molecule is CC(C)(C)[Si](C)(C)OCCn1nnnc1-c1cc2ccc(Br)cc2n1Cc1cccc2ccccc12. The predicted octanol–water partition coefficient (Wildman–Crippen LogP) is 7.28. The van der Waals surface area contributed by atoms with Crippen molar-refractivity contribution in [3.63, 3.8) is 0 Å². The largest absolute Gasteiger partial charge is 0.415 e. The number of rotatable bonds is 7. The first-order valence-electron chi connectivity index (χ1n) is 12.3. The highest BCUT2D eigenvalue weighted by atomic mass is 79.9. The molecule has 0 aliphatic carbocycles. The third-order valence-corrected chi connectivity index (χ3v) is 12.4. The number of nitrogens with zero attached hydrogens (tertiary/aromatic N) is 5. The number of aromatic nitrogens is 5. The van der Waals surface area contributed by atoms with E-state index in [-0.39, 0.29) is 5.04 Å². The highest BCUT2D eigenvalue weighted by Gasteiger charge is 2.37. The first kappa shape index (κ1) is 24.9. The van der Waals surface area contributed by atoms with E-state index in [4.69, 9.17) is 4.43 Å². The average Bonchev–Trinajstić information content (AvgIpc) is 3.43. The Balaban J connectivity index is 1.53. The molecule has 3 aromatic carbocycles. The number of fused-ring (bicyclic) bond motifs is 2. The zero-order valence-electron chi connectivity index (χ0n) is 21.5. The summed E-state index contributed by atoms with van der Waals surface area (Å²) in [5.41, 5.74) is 3.39. The van der Waals surface area contributed by atoms with Gasteiger partial charge in [-0.2, -0.15) is 0 Å². The fraction of sp³-hybridized carbons (Fsp3) is 0.321. The van der Waals surface area contributed by atoms with Gasteiger partial charge in [0.15, 0.2) is 14.1 Å². The summed E-state index contributed by atoms with van der Waals surface area (Å²) >= 11 is 3.66. The van der Waals surface area contributed by atoms with Gasteiger partial charge in [0.1, 0.15) is 0 Å². The summed E-state index contributed by atoms with van der Waals surface area (Å²) < 4.78 is 11.6. The van der Waals surface area contributed by atoms with Crippen molar-refractivity contribution in [3.05, 3.63) is 76.8 Å². The number of halogens is 1. The molecule has 186 valence electrons. The second-order valence-corrected chi connectivity index (χ2v) is 16.5. The molecular formula is C28H32BrN5OSi. The quantitative estimate of drug-likeness (QED) is 0.196. The van der Waals surface area contributed by atoms with E-state index in [2.05, 4.69) is 137 Å². The molecule has 0 spiro atoms. The van der Waals surface area contributed by atoms with Gasteiger partial charge < -0.3 is 8.99 Å². The van der Waals surface area contributed by atoms with Crippen molar-refractivity contribution in [2.45, 2.75) is 52.0 Å². The van der Waals surface area contributed by atoms with Crippen molar-refractivity contribution < 1.29 is 4.43 Å². The van der Waals surface area contributed by atoms with Gasteiger partial charge in [-0.1, -0.05) is 85.2 Å². The number of hydrogen-bond acceptors (Lipinski definition) is 4. The van der Waals surface area contributed by atoms with Gasteiger partial charge in [-0.25, -0.2) is 4.68 Å². The third-order valence-electron chi connectivity index (χ3n) is 7.41. The van der Waals surface area contributed by atoms with Gasteiger partial charge in [0.05, 0.1) is 24.4 Å². The maximum atomic E-state index is 6.42. The predicted molar refractivity (Wildman–Crippen MR) is 153 cm³/mol. The van der Waals surface area contributed by atoms with Crippen LogP contribution in [0.5, 0.6) is 0 Å². The molecule has 0 radical (unpaired) electrons. The molecule has 0 saturated heterocycles. The Morgan fingerprint density at radius 3 is 2.53 bits per heavy atom. The summed E-state index contributed by atoms with van der Waals surface area (Å²) in [6, 6.07) is 23.6. The molecule has 36 heavy (non-hydrogen) atoms. The molecule has 2 heterocycles. The highest BCUT2D eigenvalue weighted by molar-refractivity contribution is 9.10. The van der Waals surface area contributed by atoms with Gasteiger partial charge in [0.25, 0.3) is 0 Å². The molecular weight excluding hydrogens is 530 g/mol. The van der Waals surface area contributed by atoms with Gasteiger partial charge in [0, 0.05) is 16.4 Å². The Bertz CT molecular complexity index is 1530. The van der Waals surface area contributed by atoms with Crippen LogP contribution in [0.4, 0.5) is 0 Å². The standard InChI is InChI=1S/C28H32BrN5OSi/c1-28(2,3)36(4,5)35-16-15-34-27(30-31-32-34)26-17-21-13-14-23(29)18-25(21)33(26)19-22-11-8-10-20-9-6-7-12-24(20)22/h6-14,17-18H,15-16,19H2,1-5H3. The molecule has 0 aliphatic rings. The lowest BCUT2D eigenvalue weighted by Gasteiger charge is -2.36. The molecule has 6 nitrogen and oxygen atoms in total. The molecule has 2 aromatic heterocycles. The fourth-order valence-corrected chi connectivity index (χ4v) is 5.71. The lowest BCUT2D eigenvalue weighted by atomic mass is 10.0. The van der Waals surface area contributed by atoms with Crippen molar-refractivity contribution in [2.24, 2.45) is 0 Å². The summed E-state index contributed by atoms with van der Waals surface area (Å²) in [5.74, 6) is 0.751. The number of benzene rings is 3. The Kier molecular flexibility index (Phi) is 6.61. The van der Waals surface area contributed by atoms with Crippen molar-refractivity contribution in [3.8, 4) is 11.5 Å². The summed E-state index contributed by atoms with van der Waals surface area (Å²) in [6.45, 7) is 13.2. The molecule has 0 N–H and O–H groups in total. The fourth-order valence-electron chi connectivity index (χ4n) is 4.33. The van der Waals surface area contributed by atoms with E-state index in [9.17, 15) is 0 Å². The van der Waals surface area contributed by atoms with Gasteiger partial charge in [0.2, 0.25) is 0 Å². The first-order chi connectivity index (χ1) is 17.1. The zero-order valence-corrected chi connectivity index (χ0v) is 24.1. The van der Waals surface area contributed by atoms with Crippen LogP contribution in [-0.4, -0.2) is 39.7 Å².